The van der Waals surface area contributed by atoms with Gasteiger partial charge < -0.3 is 5.11 Å². The molecule has 0 radical (unpaired) electrons. The Morgan fingerprint density at radius 2 is 1.96 bits per heavy atom. The summed E-state index contributed by atoms with van der Waals surface area (Å²) >= 11 is 3.65. The zero-order valence-electron chi connectivity index (χ0n) is 16.0. The van der Waals surface area contributed by atoms with Crippen molar-refractivity contribution >= 4 is 39.7 Å². The molecule has 2 saturated carbocycles. The predicted molar refractivity (Wildman–Crippen MR) is 114 cm³/mol. The summed E-state index contributed by atoms with van der Waals surface area (Å²) in [5.41, 5.74) is 2.85. The fraction of sp³-hybridized carbons (Fsp3) is 0.737. The number of halogens is 1. The van der Waals surface area contributed by atoms with Crippen LogP contribution < -0.4 is 0 Å². The Balaban J connectivity index is 1.98. The molecule has 3 rings (SSSR count). The van der Waals surface area contributed by atoms with Crippen molar-refractivity contribution in [2.45, 2.75) is 75.1 Å². The number of nitrogens with zero attached hydrogens (tertiary/aromatic N) is 1. The molecule has 0 aliphatic heterocycles. The number of aliphatic hydroxyl groups is 1. The average Bonchev–Trinajstić information content (AvgIpc) is 2.81. The lowest BCUT2D eigenvalue weighted by molar-refractivity contribution is 0.0939. The van der Waals surface area contributed by atoms with Gasteiger partial charge >= 0.3 is 0 Å². The highest BCUT2D eigenvalue weighted by atomic mass is 79.9. The molecule has 2 fully saturated rings. The Hall–Kier alpha value is -0.243. The Labute approximate surface area is 167 Å². The molecule has 0 amide bonds. The molecule has 1 unspecified atom stereocenters. The molecule has 0 bridgehead atoms. The maximum Gasteiger partial charge on any atom is 0.253 e. The molecule has 0 saturated heterocycles. The van der Waals surface area contributed by atoms with Gasteiger partial charge in [-0.3, -0.25) is 0 Å². The van der Waals surface area contributed by atoms with E-state index in [1.54, 1.807) is 0 Å². The van der Waals surface area contributed by atoms with Crippen LogP contribution in [-0.4, -0.2) is 44.0 Å². The third kappa shape index (κ3) is 4.59. The number of allylic oxidation sites excluding steroid dienone is 4. The van der Waals surface area contributed by atoms with Crippen LogP contribution in [0.4, 0.5) is 0 Å². The van der Waals surface area contributed by atoms with Gasteiger partial charge in [0.1, 0.15) is 0 Å². The summed E-state index contributed by atoms with van der Waals surface area (Å²) in [5.74, 6) is 0.148. The highest BCUT2D eigenvalue weighted by Gasteiger charge is 2.48. The molecular weight excluding hydrogens is 430 g/mol. The summed E-state index contributed by atoms with van der Waals surface area (Å²) in [6, 6.07) is 0.737. The van der Waals surface area contributed by atoms with Crippen LogP contribution in [0.25, 0.3) is 0 Å². The average molecular weight is 461 g/mol. The van der Waals surface area contributed by atoms with Gasteiger partial charge in [0, 0.05) is 18.3 Å². The lowest BCUT2D eigenvalue weighted by Gasteiger charge is -2.35. The Bertz CT molecular complexity index is 756. The van der Waals surface area contributed by atoms with Crippen LogP contribution in [0.15, 0.2) is 27.7 Å². The van der Waals surface area contributed by atoms with Crippen molar-refractivity contribution in [2.75, 3.05) is 5.75 Å². The van der Waals surface area contributed by atoms with Crippen molar-refractivity contribution in [2.24, 2.45) is 9.81 Å². The lowest BCUT2D eigenvalue weighted by Crippen LogP contribution is -2.34. The summed E-state index contributed by atoms with van der Waals surface area (Å²) in [7, 11) is -4.92. The number of rotatable bonds is 4. The number of hydrogen-bond donors (Lipinski definition) is 1. The summed E-state index contributed by atoms with van der Waals surface area (Å²) < 4.78 is 30.0. The minimum atomic E-state index is -3.48. The zero-order valence-corrected chi connectivity index (χ0v) is 19.4. The largest absolute Gasteiger partial charge is 0.393 e. The molecule has 4 nitrogen and oxygen atoms in total. The molecule has 3 aliphatic rings. The van der Waals surface area contributed by atoms with E-state index in [1.165, 1.54) is 5.57 Å². The fourth-order valence-electron chi connectivity index (χ4n) is 4.19. The molecule has 3 aliphatic carbocycles. The van der Waals surface area contributed by atoms with E-state index in [2.05, 4.69) is 52.1 Å². The standard InChI is InChI=1S/C19H30BrNO3SSi/c1-26(2,3)11-10-25(23,24)21-18-17-12-15(20)5-4-14(17)13-19(18)8-6-16(22)7-9-19/h4,12,15-16,22H,5-11,13H2,1-3H3/b21-18-. The van der Waals surface area contributed by atoms with Crippen LogP contribution in [0, 0.1) is 5.41 Å². The minimum Gasteiger partial charge on any atom is -0.393 e. The Morgan fingerprint density at radius 1 is 1.31 bits per heavy atom. The van der Waals surface area contributed by atoms with Crippen molar-refractivity contribution in [3.05, 3.63) is 23.3 Å². The SMILES string of the molecule is C[Si](C)(C)CCS(=O)(=O)/N=C1/C2=CC(Br)CC=C2CC12CCC(O)CC2. The fourth-order valence-corrected chi connectivity index (χ4v) is 8.78. The smallest absolute Gasteiger partial charge is 0.253 e. The maximum atomic E-state index is 12.8. The van der Waals surface area contributed by atoms with Gasteiger partial charge in [-0.1, -0.05) is 47.7 Å². The van der Waals surface area contributed by atoms with E-state index < -0.39 is 18.1 Å². The van der Waals surface area contributed by atoms with E-state index in [9.17, 15) is 13.5 Å². The van der Waals surface area contributed by atoms with Crippen molar-refractivity contribution in [1.82, 2.24) is 0 Å². The number of hydrogen-bond acceptors (Lipinski definition) is 3. The van der Waals surface area contributed by atoms with Gasteiger partial charge in [-0.2, -0.15) is 4.40 Å². The molecule has 0 heterocycles. The van der Waals surface area contributed by atoms with Gasteiger partial charge in [-0.15, -0.1) is 0 Å². The van der Waals surface area contributed by atoms with Gasteiger partial charge in [0.25, 0.3) is 10.0 Å². The number of aliphatic hydroxyl groups excluding tert-OH is 1. The first-order chi connectivity index (χ1) is 12.0. The molecule has 0 aromatic carbocycles. The first-order valence-electron chi connectivity index (χ1n) is 9.57. The van der Waals surface area contributed by atoms with Crippen LogP contribution in [-0.2, 0) is 10.0 Å². The second kappa shape index (κ2) is 7.30. The van der Waals surface area contributed by atoms with Crippen LogP contribution in [0.3, 0.4) is 0 Å². The van der Waals surface area contributed by atoms with Crippen molar-refractivity contribution in [1.29, 1.82) is 0 Å². The van der Waals surface area contributed by atoms with E-state index in [0.29, 0.717) is 0 Å². The Kier molecular flexibility index (Phi) is 5.75. The zero-order chi connectivity index (χ0) is 19.2. The third-order valence-corrected chi connectivity index (χ3v) is 9.75. The van der Waals surface area contributed by atoms with Gasteiger partial charge in [0.2, 0.25) is 0 Å². The molecule has 1 N–H and O–H groups in total. The highest BCUT2D eigenvalue weighted by Crippen LogP contribution is 2.53. The quantitative estimate of drug-likeness (QED) is 0.498. The lowest BCUT2D eigenvalue weighted by atomic mass is 9.70. The normalized spacial score (nSPS) is 34.0. The van der Waals surface area contributed by atoms with E-state index in [1.807, 2.05) is 0 Å². The molecule has 1 spiro atoms. The van der Waals surface area contributed by atoms with E-state index in [0.717, 1.165) is 55.9 Å². The molecule has 0 aromatic heterocycles. The number of sulfonamides is 1. The molecule has 1 atom stereocenters. The monoisotopic (exact) mass is 459 g/mol. The molecule has 26 heavy (non-hydrogen) atoms. The summed E-state index contributed by atoms with van der Waals surface area (Å²) in [5, 5.41) is 9.96. The summed E-state index contributed by atoms with van der Waals surface area (Å²) in [4.78, 5) is 0.237. The van der Waals surface area contributed by atoms with Crippen LogP contribution in [0.1, 0.15) is 38.5 Å². The topological polar surface area (TPSA) is 66.7 Å². The van der Waals surface area contributed by atoms with Gasteiger partial charge in [-0.05, 0) is 55.7 Å². The van der Waals surface area contributed by atoms with E-state index in [4.69, 9.17) is 0 Å². The summed E-state index contributed by atoms with van der Waals surface area (Å²) in [6.45, 7) is 6.57. The van der Waals surface area contributed by atoms with Crippen LogP contribution in [0.5, 0.6) is 0 Å². The number of alkyl halides is 1. The van der Waals surface area contributed by atoms with Crippen molar-refractivity contribution in [3.63, 3.8) is 0 Å². The predicted octanol–water partition coefficient (Wildman–Crippen LogP) is 4.44. The first-order valence-corrected chi connectivity index (χ1v) is 15.8. The molecule has 0 aromatic rings. The van der Waals surface area contributed by atoms with Crippen molar-refractivity contribution < 1.29 is 13.5 Å². The van der Waals surface area contributed by atoms with Gasteiger partial charge in [0.15, 0.2) is 0 Å². The van der Waals surface area contributed by atoms with Crippen LogP contribution in [0.2, 0.25) is 25.7 Å². The molecule has 7 heteroatoms. The van der Waals surface area contributed by atoms with Crippen molar-refractivity contribution in [3.8, 4) is 0 Å². The number of fused-ring (bicyclic) bond motifs is 1. The second-order valence-corrected chi connectivity index (χ2v) is 17.8. The van der Waals surface area contributed by atoms with E-state index in [-0.39, 0.29) is 22.1 Å². The van der Waals surface area contributed by atoms with Gasteiger partial charge in [0.05, 0.1) is 17.6 Å². The molecule has 146 valence electrons. The Morgan fingerprint density at radius 3 is 2.58 bits per heavy atom. The van der Waals surface area contributed by atoms with Gasteiger partial charge in [-0.25, -0.2) is 8.42 Å². The first kappa shape index (κ1) is 20.5. The molecular formula is C19H30BrNO3SSi. The van der Waals surface area contributed by atoms with Crippen LogP contribution >= 0.6 is 15.9 Å². The minimum absolute atomic E-state index is 0.148. The highest BCUT2D eigenvalue weighted by molar-refractivity contribution is 9.09. The third-order valence-electron chi connectivity index (χ3n) is 5.82. The summed E-state index contributed by atoms with van der Waals surface area (Å²) in [6.07, 6.45) is 9.01. The van der Waals surface area contributed by atoms with E-state index >= 15 is 0 Å². The second-order valence-electron chi connectivity index (χ2n) is 9.29. The maximum absolute atomic E-state index is 12.8.